The van der Waals surface area contributed by atoms with Gasteiger partial charge in [-0.05, 0) is 28.1 Å². The second-order valence-corrected chi connectivity index (χ2v) is 4.16. The maximum absolute atomic E-state index is 11.8. The number of hydrogen-bond donors (Lipinski definition) is 1. The van der Waals surface area contributed by atoms with Crippen LogP contribution in [0.5, 0.6) is 0 Å². The van der Waals surface area contributed by atoms with E-state index in [0.717, 1.165) is 0 Å². The number of halogens is 2. The Morgan fingerprint density at radius 3 is 2.94 bits per heavy atom. The molecule has 86 valence electrons. The number of nitrogens with zero attached hydrogens (tertiary/aromatic N) is 3. The minimum atomic E-state index is -0.395. The van der Waals surface area contributed by atoms with E-state index >= 15 is 0 Å². The fraction of sp³-hybridized carbons (Fsp3) is 0. The van der Waals surface area contributed by atoms with Crippen LogP contribution < -0.4 is 5.32 Å². The van der Waals surface area contributed by atoms with E-state index in [1.165, 1.54) is 12.4 Å². The lowest BCUT2D eigenvalue weighted by molar-refractivity contribution is 0.102. The number of carbonyl (C=O) groups excluding carboxylic acids is 1. The quantitative estimate of drug-likeness (QED) is 0.865. The van der Waals surface area contributed by atoms with E-state index in [1.54, 1.807) is 18.3 Å². The smallest absolute Gasteiger partial charge is 0.275 e. The number of hydrogen-bond acceptors (Lipinski definition) is 4. The molecule has 2 rings (SSSR count). The minimum Gasteiger partial charge on any atom is -0.318 e. The van der Waals surface area contributed by atoms with Crippen LogP contribution >= 0.6 is 27.5 Å². The van der Waals surface area contributed by atoms with Gasteiger partial charge in [0.1, 0.15) is 15.5 Å². The molecular weight excluding hydrogens is 307 g/mol. The Balaban J connectivity index is 2.20. The molecule has 0 aliphatic heterocycles. The lowest BCUT2D eigenvalue weighted by atomic mass is 10.3. The number of rotatable bonds is 2. The average Bonchev–Trinajstić information content (AvgIpc) is 2.32. The first-order valence-corrected chi connectivity index (χ1v) is 5.73. The molecule has 0 radical (unpaired) electrons. The highest BCUT2D eigenvalue weighted by molar-refractivity contribution is 9.10. The summed E-state index contributed by atoms with van der Waals surface area (Å²) in [5.74, 6) is -0.395. The van der Waals surface area contributed by atoms with Crippen molar-refractivity contribution in [3.05, 3.63) is 46.2 Å². The summed E-state index contributed by atoms with van der Waals surface area (Å²) >= 11 is 8.87. The number of carbonyl (C=O) groups is 1. The van der Waals surface area contributed by atoms with E-state index in [4.69, 9.17) is 11.6 Å². The van der Waals surface area contributed by atoms with Crippen LogP contribution in [0.25, 0.3) is 0 Å². The molecule has 17 heavy (non-hydrogen) atoms. The molecule has 1 amide bonds. The van der Waals surface area contributed by atoms with Crippen LogP contribution in [0.2, 0.25) is 5.15 Å². The molecular formula is C10H6BrClN4O. The maximum Gasteiger partial charge on any atom is 0.275 e. The number of anilines is 1. The molecule has 0 aliphatic rings. The second kappa shape index (κ2) is 5.20. The molecule has 0 aliphatic carbocycles. The van der Waals surface area contributed by atoms with Crippen molar-refractivity contribution < 1.29 is 4.79 Å². The van der Waals surface area contributed by atoms with Crippen molar-refractivity contribution in [2.45, 2.75) is 0 Å². The van der Waals surface area contributed by atoms with Gasteiger partial charge < -0.3 is 5.32 Å². The van der Waals surface area contributed by atoms with E-state index in [2.05, 4.69) is 36.2 Å². The Bertz CT molecular complexity index is 564. The van der Waals surface area contributed by atoms with Gasteiger partial charge in [0.25, 0.3) is 5.91 Å². The van der Waals surface area contributed by atoms with Gasteiger partial charge >= 0.3 is 0 Å². The summed E-state index contributed by atoms with van der Waals surface area (Å²) in [6, 6.07) is 3.43. The van der Waals surface area contributed by atoms with Crippen molar-refractivity contribution in [2.75, 3.05) is 5.32 Å². The second-order valence-electron chi connectivity index (χ2n) is 3.02. The molecule has 0 saturated heterocycles. The van der Waals surface area contributed by atoms with Gasteiger partial charge in [0.05, 0.1) is 18.1 Å². The van der Waals surface area contributed by atoms with Crippen LogP contribution in [0.1, 0.15) is 10.5 Å². The number of nitrogens with one attached hydrogen (secondary N) is 1. The van der Waals surface area contributed by atoms with E-state index in [1.807, 2.05) is 0 Å². The highest BCUT2D eigenvalue weighted by Gasteiger charge is 2.10. The van der Waals surface area contributed by atoms with Crippen LogP contribution in [0.3, 0.4) is 0 Å². The largest absolute Gasteiger partial charge is 0.318 e. The summed E-state index contributed by atoms with van der Waals surface area (Å²) in [5.41, 5.74) is 0.701. The standard InChI is InChI=1S/C10H6BrClN4O/c11-9-6(2-1-3-14-9)16-10(17)7-4-13-5-8(12)15-7/h1-5H,(H,16,17). The zero-order valence-electron chi connectivity index (χ0n) is 8.39. The van der Waals surface area contributed by atoms with Gasteiger partial charge in [0, 0.05) is 6.20 Å². The fourth-order valence-corrected chi connectivity index (χ4v) is 1.61. The number of pyridine rings is 1. The summed E-state index contributed by atoms with van der Waals surface area (Å²) in [6.07, 6.45) is 4.31. The Morgan fingerprint density at radius 2 is 2.24 bits per heavy atom. The Kier molecular flexibility index (Phi) is 3.65. The molecule has 7 heteroatoms. The third-order valence-electron chi connectivity index (χ3n) is 1.85. The first kappa shape index (κ1) is 11.9. The Labute approximate surface area is 110 Å². The zero-order valence-corrected chi connectivity index (χ0v) is 10.7. The van der Waals surface area contributed by atoms with E-state index in [9.17, 15) is 4.79 Å². The average molecular weight is 314 g/mol. The number of aromatic nitrogens is 3. The molecule has 2 aromatic rings. The minimum absolute atomic E-state index is 0.147. The zero-order chi connectivity index (χ0) is 12.3. The summed E-state index contributed by atoms with van der Waals surface area (Å²) in [7, 11) is 0. The van der Waals surface area contributed by atoms with Crippen molar-refractivity contribution >= 4 is 39.1 Å². The predicted octanol–water partition coefficient (Wildman–Crippen LogP) is 2.54. The first-order chi connectivity index (χ1) is 8.16. The van der Waals surface area contributed by atoms with Crippen LogP contribution in [0.15, 0.2) is 35.3 Å². The summed E-state index contributed by atoms with van der Waals surface area (Å²) < 4.78 is 0.545. The van der Waals surface area contributed by atoms with Crippen molar-refractivity contribution in [2.24, 2.45) is 0 Å². The molecule has 1 N–H and O–H groups in total. The van der Waals surface area contributed by atoms with Crippen molar-refractivity contribution in [1.29, 1.82) is 0 Å². The van der Waals surface area contributed by atoms with E-state index in [-0.39, 0.29) is 10.8 Å². The summed E-state index contributed by atoms with van der Waals surface area (Å²) in [6.45, 7) is 0. The first-order valence-electron chi connectivity index (χ1n) is 4.56. The lowest BCUT2D eigenvalue weighted by Crippen LogP contribution is -2.14. The number of amides is 1. The molecule has 2 heterocycles. The highest BCUT2D eigenvalue weighted by Crippen LogP contribution is 2.18. The Morgan fingerprint density at radius 1 is 1.41 bits per heavy atom. The van der Waals surface area contributed by atoms with Crippen LogP contribution in [-0.4, -0.2) is 20.9 Å². The third-order valence-corrected chi connectivity index (χ3v) is 2.66. The van der Waals surface area contributed by atoms with Crippen LogP contribution in [0, 0.1) is 0 Å². The van der Waals surface area contributed by atoms with Gasteiger partial charge in [-0.1, -0.05) is 11.6 Å². The molecule has 0 saturated carbocycles. The highest BCUT2D eigenvalue weighted by atomic mass is 79.9. The van der Waals surface area contributed by atoms with Crippen molar-refractivity contribution in [1.82, 2.24) is 15.0 Å². The fourth-order valence-electron chi connectivity index (χ4n) is 1.12. The maximum atomic E-state index is 11.8. The van der Waals surface area contributed by atoms with E-state index in [0.29, 0.717) is 10.3 Å². The van der Waals surface area contributed by atoms with Gasteiger partial charge in [-0.3, -0.25) is 9.78 Å². The summed E-state index contributed by atoms with van der Waals surface area (Å²) in [5, 5.41) is 2.81. The normalized spacial score (nSPS) is 10.0. The van der Waals surface area contributed by atoms with Crippen molar-refractivity contribution in [3.8, 4) is 0 Å². The van der Waals surface area contributed by atoms with E-state index < -0.39 is 5.91 Å². The predicted molar refractivity (Wildman–Crippen MR) is 66.9 cm³/mol. The Hall–Kier alpha value is -1.53. The SMILES string of the molecule is O=C(Nc1cccnc1Br)c1cncc(Cl)n1. The molecule has 0 aromatic carbocycles. The third kappa shape index (κ3) is 2.98. The molecule has 0 fully saturated rings. The molecule has 0 spiro atoms. The lowest BCUT2D eigenvalue weighted by Gasteiger charge is -2.05. The molecule has 0 atom stereocenters. The monoisotopic (exact) mass is 312 g/mol. The van der Waals surface area contributed by atoms with Crippen molar-refractivity contribution in [3.63, 3.8) is 0 Å². The van der Waals surface area contributed by atoms with Gasteiger partial charge in [0.15, 0.2) is 0 Å². The summed E-state index contributed by atoms with van der Waals surface area (Å²) in [4.78, 5) is 23.4. The van der Waals surface area contributed by atoms with Crippen LogP contribution in [-0.2, 0) is 0 Å². The molecule has 2 aromatic heterocycles. The van der Waals surface area contributed by atoms with Crippen LogP contribution in [0.4, 0.5) is 5.69 Å². The van der Waals surface area contributed by atoms with Gasteiger partial charge in [-0.15, -0.1) is 0 Å². The van der Waals surface area contributed by atoms with Gasteiger partial charge in [-0.2, -0.15) is 0 Å². The molecule has 0 unspecified atom stereocenters. The molecule has 5 nitrogen and oxygen atoms in total. The molecule has 0 bridgehead atoms. The van der Waals surface area contributed by atoms with Gasteiger partial charge in [0.2, 0.25) is 0 Å². The van der Waals surface area contributed by atoms with Gasteiger partial charge in [-0.25, -0.2) is 9.97 Å². The topological polar surface area (TPSA) is 67.8 Å².